The molecular formula is C16H24N2O2. The van der Waals surface area contributed by atoms with Crippen LogP contribution >= 0.6 is 0 Å². The van der Waals surface area contributed by atoms with E-state index < -0.39 is 0 Å². The van der Waals surface area contributed by atoms with Gasteiger partial charge in [-0.3, -0.25) is 4.90 Å². The number of nitrogens with one attached hydrogen (secondary N) is 1. The monoisotopic (exact) mass is 276 g/mol. The molecule has 20 heavy (non-hydrogen) atoms. The lowest BCUT2D eigenvalue weighted by molar-refractivity contribution is 0.0213. The Kier molecular flexibility index (Phi) is 4.55. The van der Waals surface area contributed by atoms with Gasteiger partial charge >= 0.3 is 0 Å². The van der Waals surface area contributed by atoms with Gasteiger partial charge < -0.3 is 15.2 Å². The van der Waals surface area contributed by atoms with E-state index in [1.54, 1.807) is 0 Å². The summed E-state index contributed by atoms with van der Waals surface area (Å²) in [6.45, 7) is 6.10. The van der Waals surface area contributed by atoms with E-state index in [4.69, 9.17) is 4.74 Å². The lowest BCUT2D eigenvalue weighted by atomic mass is 9.85. The summed E-state index contributed by atoms with van der Waals surface area (Å²) in [5.74, 6) is 1.01. The molecule has 1 aromatic carbocycles. The molecule has 0 unspecified atom stereocenters. The van der Waals surface area contributed by atoms with E-state index >= 15 is 0 Å². The number of hydrogen-bond acceptors (Lipinski definition) is 4. The fourth-order valence-electron chi connectivity index (χ4n) is 3.44. The lowest BCUT2D eigenvalue weighted by Crippen LogP contribution is -2.47. The Hall–Kier alpha value is -1.10. The van der Waals surface area contributed by atoms with Crippen LogP contribution in [0.2, 0.25) is 0 Å². The van der Waals surface area contributed by atoms with Gasteiger partial charge in [0.2, 0.25) is 0 Å². The molecule has 0 radical (unpaired) electrons. The molecule has 0 aliphatic carbocycles. The van der Waals surface area contributed by atoms with E-state index in [1.165, 1.54) is 5.56 Å². The summed E-state index contributed by atoms with van der Waals surface area (Å²) in [7, 11) is 0. The molecule has 2 fully saturated rings. The predicted molar refractivity (Wildman–Crippen MR) is 78.8 cm³/mol. The maximum absolute atomic E-state index is 9.52. The summed E-state index contributed by atoms with van der Waals surface area (Å²) in [6, 6.07) is 8.24. The summed E-state index contributed by atoms with van der Waals surface area (Å²) in [5.41, 5.74) is 1.33. The van der Waals surface area contributed by atoms with E-state index in [0.717, 1.165) is 52.2 Å². The Morgan fingerprint density at radius 2 is 1.75 bits per heavy atom. The zero-order chi connectivity index (χ0) is 13.8. The van der Waals surface area contributed by atoms with Crippen LogP contribution in [-0.2, 0) is 4.74 Å². The van der Waals surface area contributed by atoms with Crippen LogP contribution in [0.1, 0.15) is 24.4 Å². The van der Waals surface area contributed by atoms with Crippen molar-refractivity contribution in [2.75, 3.05) is 39.4 Å². The number of rotatable bonds is 3. The zero-order valence-electron chi connectivity index (χ0n) is 11.9. The van der Waals surface area contributed by atoms with Crippen molar-refractivity contribution in [1.82, 2.24) is 10.2 Å². The number of phenolic OH excluding ortho intramolecular Hbond substituents is 1. The highest BCUT2D eigenvalue weighted by atomic mass is 16.5. The van der Waals surface area contributed by atoms with Crippen molar-refractivity contribution in [3.8, 4) is 5.75 Å². The largest absolute Gasteiger partial charge is 0.508 e. The second kappa shape index (κ2) is 6.57. The van der Waals surface area contributed by atoms with Crippen molar-refractivity contribution in [2.24, 2.45) is 5.92 Å². The van der Waals surface area contributed by atoms with Gasteiger partial charge in [0.05, 0.1) is 0 Å². The van der Waals surface area contributed by atoms with Crippen LogP contribution < -0.4 is 5.32 Å². The SMILES string of the molecule is Oc1ccc([C@H](C2CCOCC2)N2CCNCC2)cc1. The molecule has 2 aliphatic rings. The van der Waals surface area contributed by atoms with E-state index in [-0.39, 0.29) is 0 Å². The van der Waals surface area contributed by atoms with Crippen molar-refractivity contribution in [1.29, 1.82) is 0 Å². The average Bonchev–Trinajstić information content (AvgIpc) is 2.52. The first-order valence-corrected chi connectivity index (χ1v) is 7.66. The highest BCUT2D eigenvalue weighted by Gasteiger charge is 2.31. The maximum Gasteiger partial charge on any atom is 0.115 e. The zero-order valence-corrected chi connectivity index (χ0v) is 11.9. The molecule has 0 saturated carbocycles. The summed E-state index contributed by atoms with van der Waals surface area (Å²) in [6.07, 6.45) is 2.27. The first kappa shape index (κ1) is 13.9. The first-order chi connectivity index (χ1) is 9.84. The van der Waals surface area contributed by atoms with Crippen LogP contribution in [-0.4, -0.2) is 49.4 Å². The molecule has 3 rings (SSSR count). The standard InChI is InChI=1S/C16H24N2O2/c19-15-3-1-13(2-4-15)16(14-5-11-20-12-6-14)18-9-7-17-8-10-18/h1-4,14,16-17,19H,5-12H2/t16-/m1/s1. The fraction of sp³-hybridized carbons (Fsp3) is 0.625. The molecule has 2 heterocycles. The molecule has 2 saturated heterocycles. The Bertz CT molecular complexity index is 391. The normalized spacial score (nSPS) is 23.6. The van der Waals surface area contributed by atoms with Crippen molar-refractivity contribution in [3.63, 3.8) is 0 Å². The Labute approximate surface area is 120 Å². The van der Waals surface area contributed by atoms with Gasteiger partial charge in [0.1, 0.15) is 5.75 Å². The average molecular weight is 276 g/mol. The van der Waals surface area contributed by atoms with Gasteiger partial charge in [-0.2, -0.15) is 0 Å². The Morgan fingerprint density at radius 3 is 2.40 bits per heavy atom. The molecule has 0 bridgehead atoms. The number of hydrogen-bond donors (Lipinski definition) is 2. The Balaban J connectivity index is 1.83. The quantitative estimate of drug-likeness (QED) is 0.883. The molecule has 1 atom stereocenters. The molecule has 2 aliphatic heterocycles. The Morgan fingerprint density at radius 1 is 1.10 bits per heavy atom. The number of piperazine rings is 1. The van der Waals surface area contributed by atoms with Crippen LogP contribution in [0, 0.1) is 5.92 Å². The van der Waals surface area contributed by atoms with Gasteiger partial charge in [-0.05, 0) is 36.5 Å². The van der Waals surface area contributed by atoms with Crippen molar-refractivity contribution in [2.45, 2.75) is 18.9 Å². The molecule has 2 N–H and O–H groups in total. The van der Waals surface area contributed by atoms with Crippen LogP contribution in [0.5, 0.6) is 5.75 Å². The number of benzene rings is 1. The van der Waals surface area contributed by atoms with E-state index in [1.807, 2.05) is 12.1 Å². The van der Waals surface area contributed by atoms with E-state index in [0.29, 0.717) is 17.7 Å². The van der Waals surface area contributed by atoms with Gasteiger partial charge in [-0.1, -0.05) is 12.1 Å². The van der Waals surface area contributed by atoms with Gasteiger partial charge in [-0.25, -0.2) is 0 Å². The smallest absolute Gasteiger partial charge is 0.115 e. The minimum Gasteiger partial charge on any atom is -0.508 e. The molecule has 0 spiro atoms. The summed E-state index contributed by atoms with van der Waals surface area (Å²) in [5, 5.41) is 12.9. The molecule has 4 heteroatoms. The second-order valence-electron chi connectivity index (χ2n) is 5.77. The minimum atomic E-state index is 0.347. The fourth-order valence-corrected chi connectivity index (χ4v) is 3.44. The third-order valence-electron chi connectivity index (χ3n) is 4.49. The predicted octanol–water partition coefficient (Wildman–Crippen LogP) is 1.77. The molecule has 1 aromatic rings. The lowest BCUT2D eigenvalue weighted by Gasteiger charge is -2.41. The molecule has 110 valence electrons. The van der Waals surface area contributed by atoms with Crippen LogP contribution in [0.15, 0.2) is 24.3 Å². The van der Waals surface area contributed by atoms with Gasteiger partial charge in [-0.15, -0.1) is 0 Å². The van der Waals surface area contributed by atoms with Gasteiger partial charge in [0.25, 0.3) is 0 Å². The number of ether oxygens (including phenoxy) is 1. The molecule has 4 nitrogen and oxygen atoms in total. The highest BCUT2D eigenvalue weighted by molar-refractivity contribution is 5.28. The van der Waals surface area contributed by atoms with Crippen molar-refractivity contribution in [3.05, 3.63) is 29.8 Å². The van der Waals surface area contributed by atoms with Crippen molar-refractivity contribution >= 4 is 0 Å². The molecular weight excluding hydrogens is 252 g/mol. The van der Waals surface area contributed by atoms with E-state index in [9.17, 15) is 5.11 Å². The van der Waals surface area contributed by atoms with Gasteiger partial charge in [0, 0.05) is 45.4 Å². The molecule has 0 amide bonds. The van der Waals surface area contributed by atoms with Crippen LogP contribution in [0.4, 0.5) is 0 Å². The van der Waals surface area contributed by atoms with E-state index in [2.05, 4.69) is 22.3 Å². The third kappa shape index (κ3) is 3.14. The second-order valence-corrected chi connectivity index (χ2v) is 5.77. The van der Waals surface area contributed by atoms with Crippen molar-refractivity contribution < 1.29 is 9.84 Å². The number of phenols is 1. The maximum atomic E-state index is 9.52. The highest BCUT2D eigenvalue weighted by Crippen LogP contribution is 2.35. The summed E-state index contributed by atoms with van der Waals surface area (Å²) in [4.78, 5) is 2.60. The topological polar surface area (TPSA) is 44.7 Å². The van der Waals surface area contributed by atoms with Crippen LogP contribution in [0.25, 0.3) is 0 Å². The number of aromatic hydroxyl groups is 1. The van der Waals surface area contributed by atoms with Crippen LogP contribution in [0.3, 0.4) is 0 Å². The number of nitrogens with zero attached hydrogens (tertiary/aromatic N) is 1. The van der Waals surface area contributed by atoms with Gasteiger partial charge in [0.15, 0.2) is 0 Å². The third-order valence-corrected chi connectivity index (χ3v) is 4.49. The summed E-state index contributed by atoms with van der Waals surface area (Å²) < 4.78 is 5.52. The molecule has 0 aromatic heterocycles. The summed E-state index contributed by atoms with van der Waals surface area (Å²) >= 11 is 0. The first-order valence-electron chi connectivity index (χ1n) is 7.66. The minimum absolute atomic E-state index is 0.347.